The molecule has 0 aliphatic carbocycles. The smallest absolute Gasteiger partial charge is 0.120 e. The lowest BCUT2D eigenvalue weighted by Crippen LogP contribution is -2.02. The van der Waals surface area contributed by atoms with Gasteiger partial charge in [0.2, 0.25) is 0 Å². The third kappa shape index (κ3) is 1.86. The first-order valence-corrected chi connectivity index (χ1v) is 4.23. The predicted molar refractivity (Wildman–Crippen MR) is 44.1 cm³/mol. The van der Waals surface area contributed by atoms with Crippen molar-refractivity contribution in [2.75, 3.05) is 0 Å². The van der Waals surface area contributed by atoms with Crippen molar-refractivity contribution in [3.05, 3.63) is 29.3 Å². The summed E-state index contributed by atoms with van der Waals surface area (Å²) in [6.07, 6.45) is 0. The summed E-state index contributed by atoms with van der Waals surface area (Å²) in [7, 11) is 0. The van der Waals surface area contributed by atoms with Crippen molar-refractivity contribution in [2.24, 2.45) is 0 Å². The molecule has 0 aliphatic heterocycles. The molecule has 0 amide bonds. The van der Waals surface area contributed by atoms with Crippen LogP contribution < -0.4 is 4.43 Å². The molecule has 0 radical (unpaired) electrons. The van der Waals surface area contributed by atoms with Gasteiger partial charge in [-0.15, -0.1) is 4.43 Å². The van der Waals surface area contributed by atoms with Crippen LogP contribution in [0.1, 0.15) is 11.1 Å². The average molecular weight is 134 g/mol. The number of hydrogen-bond donors (Lipinski definition) is 0. The summed E-state index contributed by atoms with van der Waals surface area (Å²) in [5.41, 5.74) is 2.78. The third-order valence-electron chi connectivity index (χ3n) is 1.37. The van der Waals surface area contributed by atoms with Crippen LogP contribution >= 0.6 is 0 Å². The summed E-state index contributed by atoms with van der Waals surface area (Å²) in [6.45, 7) is 4.29. The van der Waals surface area contributed by atoms with Crippen LogP contribution in [0, 0.1) is 13.8 Å². The predicted octanol–water partition coefficient (Wildman–Crippen LogP) is 0.562. The van der Waals surface area contributed by atoms with E-state index in [1.165, 1.54) is 31.8 Å². The molecule has 9 heavy (non-hydrogen) atoms. The second-order valence-electron chi connectivity index (χ2n) is 2.67. The van der Waals surface area contributed by atoms with E-state index in [0.717, 1.165) is 0 Å². The van der Waals surface area contributed by atoms with E-state index in [2.05, 4.69) is 32.0 Å². The Balaban J connectivity index is 3.17. The van der Waals surface area contributed by atoms with Gasteiger partial charge in [-0.25, -0.2) is 0 Å². The first kappa shape index (κ1) is 6.87. The maximum atomic E-state index is 2.25. The van der Waals surface area contributed by atoms with Gasteiger partial charge in [0.05, 0.1) is 0 Å². The fourth-order valence-corrected chi connectivity index (χ4v) is 2.11. The Kier molecular flexibility index (Phi) is 1.95. The fraction of sp³-hybridized carbons (Fsp3) is 0.250. The Morgan fingerprint density at radius 2 is 1.44 bits per heavy atom. The topological polar surface area (TPSA) is 0 Å². The summed E-state index contributed by atoms with van der Waals surface area (Å²) >= 11 is 1.17. The zero-order chi connectivity index (χ0) is 6.85. The highest BCUT2D eigenvalue weighted by Crippen LogP contribution is 1.97. The van der Waals surface area contributed by atoms with E-state index in [4.69, 9.17) is 0 Å². The van der Waals surface area contributed by atoms with Crippen molar-refractivity contribution in [3.8, 4) is 0 Å². The molecular formula is C8H11Al. The molecule has 0 nitrogen and oxygen atoms in total. The summed E-state index contributed by atoms with van der Waals surface area (Å²) < 4.78 is 1.49. The molecule has 0 heterocycles. The normalized spacial score (nSPS) is 9.56. The lowest BCUT2D eigenvalue weighted by Gasteiger charge is -1.97. The lowest BCUT2D eigenvalue weighted by atomic mass is 10.2. The van der Waals surface area contributed by atoms with Gasteiger partial charge in [-0.1, -0.05) is 29.3 Å². The van der Waals surface area contributed by atoms with Gasteiger partial charge in [0, 0.05) is 0 Å². The summed E-state index contributed by atoms with van der Waals surface area (Å²) in [5.74, 6) is 0. The maximum Gasteiger partial charge on any atom is 0.258 e. The molecular weight excluding hydrogens is 123 g/mol. The van der Waals surface area contributed by atoms with E-state index in [1.54, 1.807) is 0 Å². The monoisotopic (exact) mass is 134 g/mol. The molecule has 1 aromatic carbocycles. The molecule has 0 saturated carbocycles. The first-order chi connectivity index (χ1) is 4.18. The highest BCUT2D eigenvalue weighted by atomic mass is 27.0. The fourth-order valence-electron chi connectivity index (χ4n) is 1.20. The van der Waals surface area contributed by atoms with Crippen molar-refractivity contribution in [2.45, 2.75) is 13.8 Å². The summed E-state index contributed by atoms with van der Waals surface area (Å²) in [4.78, 5) is 0. The number of aryl methyl sites for hydroxylation is 2. The summed E-state index contributed by atoms with van der Waals surface area (Å²) in [6, 6.07) is 6.71. The Morgan fingerprint density at radius 3 is 1.78 bits per heavy atom. The molecule has 1 rings (SSSR count). The molecule has 0 aliphatic rings. The van der Waals surface area contributed by atoms with Crippen LogP contribution in [0.3, 0.4) is 0 Å². The van der Waals surface area contributed by atoms with E-state index in [1.807, 2.05) is 0 Å². The molecule has 0 spiro atoms. The minimum atomic E-state index is 1.17. The highest BCUT2D eigenvalue weighted by molar-refractivity contribution is 6.32. The quantitative estimate of drug-likeness (QED) is 0.455. The van der Waals surface area contributed by atoms with E-state index in [-0.39, 0.29) is 0 Å². The van der Waals surface area contributed by atoms with E-state index in [0.29, 0.717) is 0 Å². The highest BCUT2D eigenvalue weighted by Gasteiger charge is 1.87. The van der Waals surface area contributed by atoms with Crippen LogP contribution in [0.5, 0.6) is 0 Å². The van der Waals surface area contributed by atoms with Gasteiger partial charge >= 0.3 is 0 Å². The molecule has 46 valence electrons. The van der Waals surface area contributed by atoms with Crippen molar-refractivity contribution < 1.29 is 0 Å². The molecule has 1 aromatic rings. The van der Waals surface area contributed by atoms with Gasteiger partial charge in [0.25, 0.3) is 16.3 Å². The van der Waals surface area contributed by atoms with Crippen LogP contribution in [0.15, 0.2) is 18.2 Å². The molecule has 0 saturated heterocycles. The molecule has 1 heteroatoms. The molecule has 0 fully saturated rings. The molecule has 0 aromatic heterocycles. The van der Waals surface area contributed by atoms with Gasteiger partial charge in [0.15, 0.2) is 0 Å². The first-order valence-electron chi connectivity index (χ1n) is 3.23. The summed E-state index contributed by atoms with van der Waals surface area (Å²) in [5, 5.41) is 0. The molecule has 0 unspecified atom stereocenters. The van der Waals surface area contributed by atoms with Crippen molar-refractivity contribution in [1.29, 1.82) is 0 Å². The van der Waals surface area contributed by atoms with Gasteiger partial charge in [-0.05, 0) is 13.8 Å². The van der Waals surface area contributed by atoms with Gasteiger partial charge in [-0.3, -0.25) is 0 Å². The van der Waals surface area contributed by atoms with Crippen LogP contribution in [-0.2, 0) is 0 Å². The Hall–Kier alpha value is -0.248. The molecule has 0 atom stereocenters. The zero-order valence-electron chi connectivity index (χ0n) is 6.23. The average Bonchev–Trinajstić information content (AvgIpc) is 1.59. The Labute approximate surface area is 64.3 Å². The number of benzene rings is 1. The Morgan fingerprint density at radius 1 is 1.00 bits per heavy atom. The van der Waals surface area contributed by atoms with Gasteiger partial charge in [-0.2, -0.15) is 0 Å². The van der Waals surface area contributed by atoms with Gasteiger partial charge in [0.1, 0.15) is 0 Å². The maximum absolute atomic E-state index is 2.25. The minimum absolute atomic E-state index is 1.17. The van der Waals surface area contributed by atoms with Crippen LogP contribution in [0.25, 0.3) is 0 Å². The molecule has 0 bridgehead atoms. The SMILES string of the molecule is Cc1cc(C)c[c]([AlH2])c1. The largest absolute Gasteiger partial charge is 0.258 e. The minimum Gasteiger partial charge on any atom is -0.120 e. The molecule has 0 N–H and O–H groups in total. The second kappa shape index (κ2) is 2.56. The van der Waals surface area contributed by atoms with Crippen LogP contribution in [0.4, 0.5) is 0 Å². The standard InChI is InChI=1S/C8H9.Al.2H/c1-7-4-3-5-8(2)6-7;;;/h4-6H,1-2H3;;;. The van der Waals surface area contributed by atoms with Crippen LogP contribution in [0.2, 0.25) is 0 Å². The van der Waals surface area contributed by atoms with Crippen molar-refractivity contribution in [3.63, 3.8) is 0 Å². The number of hydrogen-bond acceptors (Lipinski definition) is 0. The lowest BCUT2D eigenvalue weighted by molar-refractivity contribution is 1.40. The van der Waals surface area contributed by atoms with Crippen molar-refractivity contribution in [1.82, 2.24) is 0 Å². The van der Waals surface area contributed by atoms with E-state index >= 15 is 0 Å². The van der Waals surface area contributed by atoms with E-state index in [9.17, 15) is 0 Å². The second-order valence-corrected chi connectivity index (χ2v) is 3.82. The third-order valence-corrected chi connectivity index (χ3v) is 1.94. The van der Waals surface area contributed by atoms with Crippen LogP contribution in [-0.4, -0.2) is 16.3 Å². The Bertz CT molecular complexity index is 165. The van der Waals surface area contributed by atoms with E-state index < -0.39 is 0 Å². The number of rotatable bonds is 0. The zero-order valence-corrected chi connectivity index (χ0v) is 8.23. The van der Waals surface area contributed by atoms with Crippen molar-refractivity contribution >= 4 is 20.7 Å². The van der Waals surface area contributed by atoms with Gasteiger partial charge < -0.3 is 0 Å².